The Morgan fingerprint density at radius 1 is 1.25 bits per heavy atom. The smallest absolute Gasteiger partial charge is 0.168 e. The highest BCUT2D eigenvalue weighted by Gasteiger charge is 2.27. The summed E-state index contributed by atoms with van der Waals surface area (Å²) in [7, 11) is 0. The van der Waals surface area contributed by atoms with Crippen LogP contribution in [-0.2, 0) is 4.79 Å². The van der Waals surface area contributed by atoms with Gasteiger partial charge in [-0.2, -0.15) is 0 Å². The van der Waals surface area contributed by atoms with Gasteiger partial charge >= 0.3 is 0 Å². The minimum absolute atomic E-state index is 0.0393. The van der Waals surface area contributed by atoms with Crippen LogP contribution in [0, 0.1) is 5.41 Å². The molecular formula is C13H13NO2. The van der Waals surface area contributed by atoms with Crippen LogP contribution in [0.5, 0.6) is 0 Å². The molecule has 3 nitrogen and oxygen atoms in total. The number of nitrogens with one attached hydrogen (secondary N) is 1. The van der Waals surface area contributed by atoms with E-state index < -0.39 is 0 Å². The summed E-state index contributed by atoms with van der Waals surface area (Å²) < 4.78 is 0. The zero-order valence-corrected chi connectivity index (χ0v) is 8.81. The summed E-state index contributed by atoms with van der Waals surface area (Å²) in [5.41, 5.74) is 1.22. The van der Waals surface area contributed by atoms with Crippen molar-refractivity contribution in [1.29, 1.82) is 5.41 Å². The Kier molecular flexibility index (Phi) is 2.86. The lowest BCUT2D eigenvalue weighted by atomic mass is 9.83. The van der Waals surface area contributed by atoms with Crippen LogP contribution in [0.2, 0.25) is 0 Å². The van der Waals surface area contributed by atoms with Crippen molar-refractivity contribution in [2.24, 2.45) is 0 Å². The van der Waals surface area contributed by atoms with Crippen LogP contribution in [-0.4, -0.2) is 17.1 Å². The quantitative estimate of drug-likeness (QED) is 0.745. The summed E-state index contributed by atoms with van der Waals surface area (Å²) in [6.07, 6.45) is 1.76. The Bertz CT molecular complexity index is 448. The van der Waals surface area contributed by atoms with Gasteiger partial charge in [0.05, 0.1) is 5.57 Å². The van der Waals surface area contributed by atoms with Gasteiger partial charge in [0.15, 0.2) is 5.78 Å². The Hall–Kier alpha value is -1.90. The van der Waals surface area contributed by atoms with E-state index in [4.69, 9.17) is 5.41 Å². The highest BCUT2D eigenvalue weighted by molar-refractivity contribution is 6.13. The number of allylic oxidation sites excluding steroid dienone is 2. The number of aliphatic hydroxyl groups is 1. The monoisotopic (exact) mass is 215 g/mol. The van der Waals surface area contributed by atoms with Crippen LogP contribution < -0.4 is 0 Å². The molecule has 0 fully saturated rings. The zero-order valence-electron chi connectivity index (χ0n) is 8.81. The molecule has 16 heavy (non-hydrogen) atoms. The van der Waals surface area contributed by atoms with Crippen molar-refractivity contribution in [3.05, 3.63) is 47.2 Å². The molecule has 0 aromatic heterocycles. The van der Waals surface area contributed by atoms with Crippen molar-refractivity contribution in [2.45, 2.75) is 18.8 Å². The molecule has 82 valence electrons. The van der Waals surface area contributed by atoms with E-state index in [-0.39, 0.29) is 23.0 Å². The molecule has 1 aromatic rings. The van der Waals surface area contributed by atoms with Crippen molar-refractivity contribution in [1.82, 2.24) is 0 Å². The molecule has 0 aliphatic heterocycles. The Morgan fingerprint density at radius 3 is 2.50 bits per heavy atom. The third kappa shape index (κ3) is 1.89. The molecule has 0 amide bonds. The highest BCUT2D eigenvalue weighted by Crippen LogP contribution is 2.32. The molecule has 0 saturated carbocycles. The SMILES string of the molecule is N=CC1=C(O)CC(c2ccccc2)CC1=O. The minimum Gasteiger partial charge on any atom is -0.511 e. The number of hydrogen-bond acceptors (Lipinski definition) is 3. The second-order valence-corrected chi connectivity index (χ2v) is 3.94. The summed E-state index contributed by atoms with van der Waals surface area (Å²) >= 11 is 0. The summed E-state index contributed by atoms with van der Waals surface area (Å²) in [5, 5.41) is 16.7. The lowest BCUT2D eigenvalue weighted by molar-refractivity contribution is -0.116. The maximum Gasteiger partial charge on any atom is 0.168 e. The number of carbonyl (C=O) groups is 1. The van der Waals surface area contributed by atoms with Crippen molar-refractivity contribution in [2.75, 3.05) is 0 Å². The average molecular weight is 215 g/mol. The molecule has 1 atom stereocenters. The minimum atomic E-state index is -0.146. The van der Waals surface area contributed by atoms with Gasteiger partial charge in [0.25, 0.3) is 0 Å². The number of aliphatic hydroxyl groups excluding tert-OH is 1. The average Bonchev–Trinajstić information content (AvgIpc) is 2.30. The van der Waals surface area contributed by atoms with Gasteiger partial charge in [-0.05, 0) is 11.5 Å². The fourth-order valence-corrected chi connectivity index (χ4v) is 2.03. The highest BCUT2D eigenvalue weighted by atomic mass is 16.3. The van der Waals surface area contributed by atoms with E-state index in [1.165, 1.54) is 0 Å². The van der Waals surface area contributed by atoms with Gasteiger partial charge in [-0.1, -0.05) is 30.3 Å². The van der Waals surface area contributed by atoms with Gasteiger partial charge < -0.3 is 10.5 Å². The van der Waals surface area contributed by atoms with Crippen molar-refractivity contribution in [3.8, 4) is 0 Å². The number of benzene rings is 1. The van der Waals surface area contributed by atoms with Gasteiger partial charge in [-0.3, -0.25) is 4.79 Å². The van der Waals surface area contributed by atoms with Crippen LogP contribution in [0.15, 0.2) is 41.7 Å². The summed E-state index contributed by atoms with van der Waals surface area (Å²) in [5.74, 6) is -0.0647. The normalized spacial score (nSPS) is 21.0. The lowest BCUT2D eigenvalue weighted by Gasteiger charge is -2.22. The lowest BCUT2D eigenvalue weighted by Crippen LogP contribution is -2.18. The first-order chi connectivity index (χ1) is 7.72. The third-order valence-electron chi connectivity index (χ3n) is 2.90. The molecular weight excluding hydrogens is 202 g/mol. The van der Waals surface area contributed by atoms with Crippen LogP contribution in [0.3, 0.4) is 0 Å². The molecule has 0 bridgehead atoms. The first kappa shape index (κ1) is 10.6. The molecule has 3 heteroatoms. The molecule has 0 saturated heterocycles. The van der Waals surface area contributed by atoms with E-state index in [1.54, 1.807) is 0 Å². The van der Waals surface area contributed by atoms with Crippen molar-refractivity contribution < 1.29 is 9.90 Å². The molecule has 2 N–H and O–H groups in total. The second kappa shape index (κ2) is 4.31. The van der Waals surface area contributed by atoms with Gasteiger partial charge in [0.2, 0.25) is 0 Å². The first-order valence-corrected chi connectivity index (χ1v) is 5.23. The van der Waals surface area contributed by atoms with Crippen molar-refractivity contribution in [3.63, 3.8) is 0 Å². The Balaban J connectivity index is 2.28. The Labute approximate surface area is 93.9 Å². The van der Waals surface area contributed by atoms with Gasteiger partial charge in [-0.15, -0.1) is 0 Å². The fraction of sp³-hybridized carbons (Fsp3) is 0.231. The number of Topliss-reactive ketones (excluding diaryl/α,β-unsaturated/α-hetero) is 1. The van der Waals surface area contributed by atoms with E-state index >= 15 is 0 Å². The first-order valence-electron chi connectivity index (χ1n) is 5.23. The molecule has 0 radical (unpaired) electrons. The fourth-order valence-electron chi connectivity index (χ4n) is 2.03. The number of carbonyl (C=O) groups excluding carboxylic acids is 1. The number of rotatable bonds is 2. The van der Waals surface area contributed by atoms with E-state index in [9.17, 15) is 9.90 Å². The maximum atomic E-state index is 11.7. The zero-order chi connectivity index (χ0) is 11.5. The van der Waals surface area contributed by atoms with Gasteiger partial charge in [0, 0.05) is 19.1 Å². The van der Waals surface area contributed by atoms with Crippen molar-refractivity contribution >= 4 is 12.0 Å². The van der Waals surface area contributed by atoms with E-state index in [2.05, 4.69) is 0 Å². The summed E-state index contributed by atoms with van der Waals surface area (Å²) in [4.78, 5) is 11.7. The Morgan fingerprint density at radius 2 is 1.94 bits per heavy atom. The largest absolute Gasteiger partial charge is 0.511 e. The van der Waals surface area contributed by atoms with E-state index in [1.807, 2.05) is 30.3 Å². The number of ketones is 1. The molecule has 1 aromatic carbocycles. The molecule has 1 aliphatic carbocycles. The van der Waals surface area contributed by atoms with E-state index in [0.717, 1.165) is 11.8 Å². The predicted molar refractivity (Wildman–Crippen MR) is 61.9 cm³/mol. The molecule has 0 spiro atoms. The predicted octanol–water partition coefficient (Wildman–Crippen LogP) is 2.59. The van der Waals surface area contributed by atoms with Gasteiger partial charge in [-0.25, -0.2) is 0 Å². The molecule has 1 aliphatic rings. The topological polar surface area (TPSA) is 61.1 Å². The third-order valence-corrected chi connectivity index (χ3v) is 2.90. The summed E-state index contributed by atoms with van der Waals surface area (Å²) in [6, 6.07) is 9.69. The molecule has 1 unspecified atom stereocenters. The molecule has 2 rings (SSSR count). The van der Waals surface area contributed by atoms with Crippen LogP contribution in [0.25, 0.3) is 0 Å². The second-order valence-electron chi connectivity index (χ2n) is 3.94. The van der Waals surface area contributed by atoms with Crippen LogP contribution >= 0.6 is 0 Å². The maximum absolute atomic E-state index is 11.7. The van der Waals surface area contributed by atoms with Crippen LogP contribution in [0.4, 0.5) is 0 Å². The van der Waals surface area contributed by atoms with E-state index in [0.29, 0.717) is 12.8 Å². The molecule has 0 heterocycles. The van der Waals surface area contributed by atoms with Crippen LogP contribution in [0.1, 0.15) is 24.3 Å². The standard InChI is InChI=1S/C13H13NO2/c14-8-11-12(15)6-10(7-13(11)16)9-4-2-1-3-5-9/h1-5,8,10,14-15H,6-7H2. The summed E-state index contributed by atoms with van der Waals surface area (Å²) in [6.45, 7) is 0. The van der Waals surface area contributed by atoms with Gasteiger partial charge in [0.1, 0.15) is 5.76 Å². The number of hydrogen-bond donors (Lipinski definition) is 2.